The van der Waals surface area contributed by atoms with E-state index in [-0.39, 0.29) is 0 Å². The Morgan fingerprint density at radius 1 is 0.542 bits per heavy atom. The summed E-state index contributed by atoms with van der Waals surface area (Å²) >= 11 is 3.79. The molecule has 0 aliphatic rings. The zero-order chi connectivity index (χ0) is 15.7. The molecule has 6 aromatic rings. The van der Waals surface area contributed by atoms with E-state index in [0.717, 1.165) is 0 Å². The molecule has 0 unspecified atom stereocenters. The molecule has 0 bridgehead atoms. The average molecular weight is 340 g/mol. The van der Waals surface area contributed by atoms with Crippen molar-refractivity contribution in [3.05, 3.63) is 72.1 Å². The normalized spacial score (nSPS) is 12.2. The van der Waals surface area contributed by atoms with Gasteiger partial charge >= 0.3 is 0 Å². The van der Waals surface area contributed by atoms with E-state index in [9.17, 15) is 0 Å². The fraction of sp³-hybridized carbons (Fsp3) is 0. The fourth-order valence-corrected chi connectivity index (χ4v) is 6.21. The number of benzene rings is 4. The first-order chi connectivity index (χ1) is 11.9. The number of thiophene rings is 2. The highest BCUT2D eigenvalue weighted by Crippen LogP contribution is 2.46. The number of hydrogen-bond donors (Lipinski definition) is 0. The van der Waals surface area contributed by atoms with E-state index in [1.165, 1.54) is 51.8 Å². The highest BCUT2D eigenvalue weighted by Gasteiger charge is 2.15. The minimum absolute atomic E-state index is 1.35. The molecule has 0 nitrogen and oxygen atoms in total. The summed E-state index contributed by atoms with van der Waals surface area (Å²) < 4.78 is 4.21. The third-order valence-electron chi connectivity index (χ3n) is 4.93. The predicted octanol–water partition coefficient (Wildman–Crippen LogP) is 7.58. The van der Waals surface area contributed by atoms with E-state index in [2.05, 4.69) is 72.1 Å². The van der Waals surface area contributed by atoms with Crippen LogP contribution in [0.4, 0.5) is 0 Å². The van der Waals surface area contributed by atoms with Gasteiger partial charge in [-0.05, 0) is 39.1 Å². The summed E-state index contributed by atoms with van der Waals surface area (Å²) in [4.78, 5) is 0. The van der Waals surface area contributed by atoms with Crippen LogP contribution in [-0.2, 0) is 0 Å². The number of fused-ring (bicyclic) bond motifs is 10. The van der Waals surface area contributed by atoms with Crippen molar-refractivity contribution in [1.82, 2.24) is 0 Å². The van der Waals surface area contributed by atoms with Crippen LogP contribution in [0.3, 0.4) is 0 Å². The maximum atomic E-state index is 2.30. The molecule has 112 valence electrons. The van der Waals surface area contributed by atoms with Gasteiger partial charge in [-0.25, -0.2) is 0 Å². The lowest BCUT2D eigenvalue weighted by Gasteiger charge is -2.08. The van der Waals surface area contributed by atoms with Gasteiger partial charge in [0.2, 0.25) is 0 Å². The van der Waals surface area contributed by atoms with Crippen molar-refractivity contribution in [3.8, 4) is 0 Å². The fourth-order valence-electron chi connectivity index (χ4n) is 3.91. The minimum atomic E-state index is 1.35. The molecular weight excluding hydrogens is 328 g/mol. The molecule has 2 aromatic heterocycles. The molecule has 24 heavy (non-hydrogen) atoms. The Hall–Kier alpha value is -2.42. The third-order valence-corrected chi connectivity index (χ3v) is 7.07. The summed E-state index contributed by atoms with van der Waals surface area (Å²) in [6, 6.07) is 24.4. The van der Waals surface area contributed by atoms with Crippen molar-refractivity contribution in [3.63, 3.8) is 0 Å². The lowest BCUT2D eigenvalue weighted by molar-refractivity contribution is 1.83. The lowest BCUT2D eigenvalue weighted by Crippen LogP contribution is -1.80. The molecule has 0 spiro atoms. The zero-order valence-electron chi connectivity index (χ0n) is 12.7. The molecule has 0 atom stereocenters. The first kappa shape index (κ1) is 12.9. The molecule has 2 heterocycles. The maximum absolute atomic E-state index is 2.30. The second kappa shape index (κ2) is 4.56. The van der Waals surface area contributed by atoms with Crippen LogP contribution < -0.4 is 0 Å². The highest BCUT2D eigenvalue weighted by molar-refractivity contribution is 7.27. The summed E-state index contributed by atoms with van der Waals surface area (Å²) in [6.45, 7) is 0. The van der Waals surface area contributed by atoms with E-state index < -0.39 is 0 Å². The van der Waals surface area contributed by atoms with E-state index in [1.807, 2.05) is 22.7 Å². The Morgan fingerprint density at radius 2 is 1.29 bits per heavy atom. The van der Waals surface area contributed by atoms with Crippen LogP contribution >= 0.6 is 22.7 Å². The molecule has 0 saturated heterocycles. The van der Waals surface area contributed by atoms with Crippen molar-refractivity contribution >= 4 is 74.5 Å². The summed E-state index contributed by atoms with van der Waals surface area (Å²) in [6.07, 6.45) is 0. The second-order valence-corrected chi connectivity index (χ2v) is 8.14. The molecule has 0 saturated carbocycles. The van der Waals surface area contributed by atoms with Crippen molar-refractivity contribution in [1.29, 1.82) is 0 Å². The standard InChI is InChI=1S/C22H12S2/c1-2-6-15-14(5-1)16-10-9-13-11-12-23-21(13)20(16)22-19(15)17-7-3-4-8-18(17)24-22/h1-12H. The lowest BCUT2D eigenvalue weighted by atomic mass is 9.96. The van der Waals surface area contributed by atoms with Crippen LogP contribution in [0, 0.1) is 0 Å². The van der Waals surface area contributed by atoms with E-state index >= 15 is 0 Å². The quantitative estimate of drug-likeness (QED) is 0.250. The molecule has 2 heteroatoms. The molecule has 0 amide bonds. The van der Waals surface area contributed by atoms with Crippen molar-refractivity contribution in [2.24, 2.45) is 0 Å². The Labute approximate surface area is 146 Å². The van der Waals surface area contributed by atoms with Crippen LogP contribution in [0.15, 0.2) is 72.1 Å². The number of rotatable bonds is 0. The first-order valence-electron chi connectivity index (χ1n) is 8.04. The van der Waals surface area contributed by atoms with Gasteiger partial charge in [-0.3, -0.25) is 0 Å². The predicted molar refractivity (Wildman–Crippen MR) is 110 cm³/mol. The Morgan fingerprint density at radius 3 is 2.21 bits per heavy atom. The average Bonchev–Trinajstić information content (AvgIpc) is 3.26. The van der Waals surface area contributed by atoms with Gasteiger partial charge in [0.05, 0.1) is 0 Å². The largest absolute Gasteiger partial charge is 0.143 e. The minimum Gasteiger partial charge on any atom is -0.143 e. The van der Waals surface area contributed by atoms with E-state index in [4.69, 9.17) is 0 Å². The highest BCUT2D eigenvalue weighted by atomic mass is 32.1. The molecule has 0 aliphatic carbocycles. The van der Waals surface area contributed by atoms with Crippen molar-refractivity contribution in [2.45, 2.75) is 0 Å². The van der Waals surface area contributed by atoms with Gasteiger partial charge in [0.1, 0.15) is 0 Å². The van der Waals surface area contributed by atoms with Gasteiger partial charge in [0.15, 0.2) is 0 Å². The molecule has 0 fully saturated rings. The van der Waals surface area contributed by atoms with Crippen LogP contribution in [0.2, 0.25) is 0 Å². The van der Waals surface area contributed by atoms with Crippen LogP contribution in [0.25, 0.3) is 51.8 Å². The van der Waals surface area contributed by atoms with Crippen LogP contribution in [-0.4, -0.2) is 0 Å². The topological polar surface area (TPSA) is 0 Å². The molecule has 6 rings (SSSR count). The van der Waals surface area contributed by atoms with Gasteiger partial charge in [-0.15, -0.1) is 22.7 Å². The molecule has 0 aliphatic heterocycles. The summed E-state index contributed by atoms with van der Waals surface area (Å²) in [5.74, 6) is 0. The monoisotopic (exact) mass is 340 g/mol. The second-order valence-electron chi connectivity index (χ2n) is 6.18. The summed E-state index contributed by atoms with van der Waals surface area (Å²) in [7, 11) is 0. The van der Waals surface area contributed by atoms with Gasteiger partial charge in [0, 0.05) is 30.3 Å². The summed E-state index contributed by atoms with van der Waals surface area (Å²) in [5, 5.41) is 11.9. The SMILES string of the molecule is c1ccc2c(c1)sc1c2c2ccccc2c2ccc3ccsc3c21. The first-order valence-corrected chi connectivity index (χ1v) is 9.73. The number of hydrogen-bond acceptors (Lipinski definition) is 2. The smallest absolute Gasteiger partial charge is 0.0454 e. The third kappa shape index (κ3) is 1.52. The van der Waals surface area contributed by atoms with Crippen molar-refractivity contribution < 1.29 is 0 Å². The maximum Gasteiger partial charge on any atom is 0.0454 e. The Balaban J connectivity index is 2.10. The summed E-state index contributed by atoms with van der Waals surface area (Å²) in [5.41, 5.74) is 0. The van der Waals surface area contributed by atoms with E-state index in [1.54, 1.807) is 0 Å². The molecule has 0 N–H and O–H groups in total. The Bertz CT molecular complexity index is 1400. The molecular formula is C22H12S2. The zero-order valence-corrected chi connectivity index (χ0v) is 14.4. The molecule has 4 aromatic carbocycles. The Kier molecular flexibility index (Phi) is 2.46. The van der Waals surface area contributed by atoms with Gasteiger partial charge in [-0.1, -0.05) is 54.6 Å². The van der Waals surface area contributed by atoms with Gasteiger partial charge in [-0.2, -0.15) is 0 Å². The van der Waals surface area contributed by atoms with Crippen LogP contribution in [0.5, 0.6) is 0 Å². The molecule has 0 radical (unpaired) electrons. The van der Waals surface area contributed by atoms with Gasteiger partial charge in [0.25, 0.3) is 0 Å². The van der Waals surface area contributed by atoms with Crippen LogP contribution in [0.1, 0.15) is 0 Å². The van der Waals surface area contributed by atoms with E-state index in [0.29, 0.717) is 0 Å². The van der Waals surface area contributed by atoms with Gasteiger partial charge < -0.3 is 0 Å². The van der Waals surface area contributed by atoms with Crippen molar-refractivity contribution in [2.75, 3.05) is 0 Å².